The Morgan fingerprint density at radius 1 is 1.39 bits per heavy atom. The minimum atomic E-state index is -4.52. The van der Waals surface area contributed by atoms with Gasteiger partial charge in [0, 0.05) is 11.1 Å². The van der Waals surface area contributed by atoms with Gasteiger partial charge in [0.1, 0.15) is 0 Å². The van der Waals surface area contributed by atoms with Crippen molar-refractivity contribution in [3.63, 3.8) is 0 Å². The Balaban J connectivity index is 3.11. The van der Waals surface area contributed by atoms with Crippen molar-refractivity contribution in [2.45, 2.75) is 12.6 Å². The van der Waals surface area contributed by atoms with E-state index < -0.39 is 17.6 Å². The van der Waals surface area contributed by atoms with Gasteiger partial charge >= 0.3 is 6.18 Å². The second-order valence-electron chi connectivity index (χ2n) is 3.36. The summed E-state index contributed by atoms with van der Waals surface area (Å²) in [5.41, 5.74) is 3.87. The third-order valence-corrected chi connectivity index (χ3v) is 1.99. The highest BCUT2D eigenvalue weighted by Crippen LogP contribution is 2.30. The minimum absolute atomic E-state index is 0.124. The van der Waals surface area contributed by atoms with Crippen molar-refractivity contribution in [1.29, 1.82) is 0 Å². The summed E-state index contributed by atoms with van der Waals surface area (Å²) in [6.07, 6.45) is -4.46. The molecule has 94 valence electrons. The molecule has 0 aliphatic rings. The highest BCUT2D eigenvalue weighted by Gasteiger charge is 2.30. The molecule has 0 bridgehead atoms. The Morgan fingerprint density at radius 3 is 2.56 bits per heavy atom. The molecule has 0 aromatic heterocycles. The van der Waals surface area contributed by atoms with Crippen LogP contribution in [0, 0.1) is 11.8 Å². The van der Waals surface area contributed by atoms with E-state index in [0.29, 0.717) is 6.07 Å². The van der Waals surface area contributed by atoms with Gasteiger partial charge in [0.2, 0.25) is 5.91 Å². The molecule has 0 unspecified atom stereocenters. The normalized spacial score (nSPS) is 10.4. The molecule has 1 rings (SSSR count). The van der Waals surface area contributed by atoms with Gasteiger partial charge in [-0.05, 0) is 18.2 Å². The quantitative estimate of drug-likeness (QED) is 0.646. The van der Waals surface area contributed by atoms with E-state index in [1.165, 1.54) is 0 Å². The predicted molar refractivity (Wildman–Crippen MR) is 57.5 cm³/mol. The third kappa shape index (κ3) is 3.63. The molecule has 0 atom stereocenters. The van der Waals surface area contributed by atoms with Gasteiger partial charge in [-0.15, -0.1) is 0 Å². The number of rotatable bonds is 2. The Hall–Kier alpha value is -2.29. The van der Waals surface area contributed by atoms with Crippen LogP contribution in [0.4, 0.5) is 13.2 Å². The van der Waals surface area contributed by atoms with E-state index in [4.69, 9.17) is 5.73 Å². The van der Waals surface area contributed by atoms with Crippen molar-refractivity contribution in [2.75, 3.05) is 0 Å². The number of benzene rings is 1. The molecule has 2 N–H and O–H groups in total. The van der Waals surface area contributed by atoms with E-state index in [-0.39, 0.29) is 23.8 Å². The van der Waals surface area contributed by atoms with E-state index in [9.17, 15) is 22.8 Å². The van der Waals surface area contributed by atoms with Crippen LogP contribution in [0.15, 0.2) is 18.2 Å². The summed E-state index contributed by atoms with van der Waals surface area (Å²) >= 11 is 0. The smallest absolute Gasteiger partial charge is 0.369 e. The Kier molecular flexibility index (Phi) is 4.10. The first kappa shape index (κ1) is 13.8. The highest BCUT2D eigenvalue weighted by atomic mass is 19.4. The summed E-state index contributed by atoms with van der Waals surface area (Å²) in [7, 11) is 0. The van der Waals surface area contributed by atoms with Crippen molar-refractivity contribution in [3.8, 4) is 11.8 Å². The molecule has 18 heavy (non-hydrogen) atoms. The molecule has 1 amide bonds. The summed E-state index contributed by atoms with van der Waals surface area (Å²) in [6.45, 7) is 0. The lowest BCUT2D eigenvalue weighted by Crippen LogP contribution is -2.08. The lowest BCUT2D eigenvalue weighted by Gasteiger charge is -2.07. The van der Waals surface area contributed by atoms with Crippen LogP contribution in [0.5, 0.6) is 0 Å². The van der Waals surface area contributed by atoms with E-state index in [1.807, 2.05) is 0 Å². The molecule has 1 aromatic carbocycles. The standard InChI is InChI=1S/C12H8F3NO2/c13-12(14,15)10-5-4-8(9(6-10)7-17)2-1-3-11(16)18/h4-7H,3H2,(H2,16,18). The van der Waals surface area contributed by atoms with Gasteiger partial charge in [0.15, 0.2) is 6.29 Å². The van der Waals surface area contributed by atoms with Gasteiger partial charge in [-0.1, -0.05) is 11.8 Å². The number of hydrogen-bond acceptors (Lipinski definition) is 2. The van der Waals surface area contributed by atoms with E-state index in [1.54, 1.807) is 0 Å². The molecule has 1 aromatic rings. The molecule has 0 aliphatic carbocycles. The summed E-state index contributed by atoms with van der Waals surface area (Å²) in [5.74, 6) is 4.14. The monoisotopic (exact) mass is 255 g/mol. The van der Waals surface area contributed by atoms with Crippen LogP contribution in [0.1, 0.15) is 27.9 Å². The molecule has 0 heterocycles. The average Bonchev–Trinajstić information content (AvgIpc) is 2.27. The zero-order valence-electron chi connectivity index (χ0n) is 9.04. The summed E-state index contributed by atoms with van der Waals surface area (Å²) in [6, 6.07) is 2.61. The molecule has 0 radical (unpaired) electrons. The van der Waals surface area contributed by atoms with Gasteiger partial charge in [-0.2, -0.15) is 13.2 Å². The summed E-state index contributed by atoms with van der Waals surface area (Å²) < 4.78 is 37.1. The number of halogens is 3. The first-order chi connectivity index (χ1) is 8.34. The number of amides is 1. The lowest BCUT2D eigenvalue weighted by molar-refractivity contribution is -0.137. The summed E-state index contributed by atoms with van der Waals surface area (Å²) in [5, 5.41) is 0. The summed E-state index contributed by atoms with van der Waals surface area (Å²) in [4.78, 5) is 21.1. The van der Waals surface area contributed by atoms with E-state index in [0.717, 1.165) is 12.1 Å². The zero-order chi connectivity index (χ0) is 13.8. The van der Waals surface area contributed by atoms with Gasteiger partial charge in [-0.3, -0.25) is 9.59 Å². The number of primary amides is 1. The number of aldehydes is 1. The average molecular weight is 255 g/mol. The molecule has 0 fully saturated rings. The van der Waals surface area contributed by atoms with E-state index in [2.05, 4.69) is 11.8 Å². The molecular weight excluding hydrogens is 247 g/mol. The van der Waals surface area contributed by atoms with E-state index >= 15 is 0 Å². The van der Waals surface area contributed by atoms with Gasteiger partial charge in [0.05, 0.1) is 12.0 Å². The number of nitrogens with two attached hydrogens (primary N) is 1. The first-order valence-electron chi connectivity index (χ1n) is 4.78. The second-order valence-corrected chi connectivity index (χ2v) is 3.36. The van der Waals surface area contributed by atoms with Crippen LogP contribution in [0.25, 0.3) is 0 Å². The fraction of sp³-hybridized carbons (Fsp3) is 0.167. The van der Waals surface area contributed by atoms with Crippen LogP contribution in [-0.4, -0.2) is 12.2 Å². The topological polar surface area (TPSA) is 60.2 Å². The Morgan fingerprint density at radius 2 is 2.06 bits per heavy atom. The third-order valence-electron chi connectivity index (χ3n) is 1.99. The highest BCUT2D eigenvalue weighted by molar-refractivity contribution is 5.80. The predicted octanol–water partition coefficient (Wildman–Crippen LogP) is 1.74. The van der Waals surface area contributed by atoms with Gasteiger partial charge in [-0.25, -0.2) is 0 Å². The largest absolute Gasteiger partial charge is 0.416 e. The molecule has 0 aliphatic heterocycles. The Bertz CT molecular complexity index is 538. The fourth-order valence-electron chi connectivity index (χ4n) is 1.18. The molecular formula is C12H8F3NO2. The van der Waals surface area contributed by atoms with Crippen molar-refractivity contribution < 1.29 is 22.8 Å². The minimum Gasteiger partial charge on any atom is -0.369 e. The van der Waals surface area contributed by atoms with Gasteiger partial charge < -0.3 is 5.73 Å². The van der Waals surface area contributed by atoms with Crippen molar-refractivity contribution in [2.24, 2.45) is 5.73 Å². The zero-order valence-corrected chi connectivity index (χ0v) is 9.04. The van der Waals surface area contributed by atoms with Crippen molar-refractivity contribution in [1.82, 2.24) is 0 Å². The maximum Gasteiger partial charge on any atom is 0.416 e. The van der Waals surface area contributed by atoms with Crippen LogP contribution < -0.4 is 5.73 Å². The van der Waals surface area contributed by atoms with Crippen molar-refractivity contribution in [3.05, 3.63) is 34.9 Å². The van der Waals surface area contributed by atoms with Crippen LogP contribution >= 0.6 is 0 Å². The Labute approximate surface area is 101 Å². The van der Waals surface area contributed by atoms with Crippen LogP contribution in [0.2, 0.25) is 0 Å². The number of carbonyl (C=O) groups is 2. The SMILES string of the molecule is NC(=O)CC#Cc1ccc(C(F)(F)F)cc1C=O. The maximum absolute atomic E-state index is 12.4. The molecule has 3 nitrogen and oxygen atoms in total. The molecule has 0 spiro atoms. The molecule has 0 saturated heterocycles. The number of carbonyl (C=O) groups excluding carboxylic acids is 2. The van der Waals surface area contributed by atoms with Crippen molar-refractivity contribution >= 4 is 12.2 Å². The second kappa shape index (κ2) is 5.36. The lowest BCUT2D eigenvalue weighted by atomic mass is 10.0. The van der Waals surface area contributed by atoms with Crippen LogP contribution in [-0.2, 0) is 11.0 Å². The van der Waals surface area contributed by atoms with Crippen LogP contribution in [0.3, 0.4) is 0 Å². The molecule has 6 heteroatoms. The fourth-order valence-corrected chi connectivity index (χ4v) is 1.18. The molecule has 0 saturated carbocycles. The first-order valence-corrected chi connectivity index (χ1v) is 4.78. The van der Waals surface area contributed by atoms with Gasteiger partial charge in [0.25, 0.3) is 0 Å². The number of hydrogen-bond donors (Lipinski definition) is 1. The number of alkyl halides is 3. The maximum atomic E-state index is 12.4.